The number of anilines is 1. The Hall–Kier alpha value is -2.02. The first kappa shape index (κ1) is 17.3. The number of aryl methyl sites for hydroxylation is 1. The first-order valence-corrected chi connectivity index (χ1v) is 7.93. The Morgan fingerprint density at radius 3 is 2.65 bits per heavy atom. The summed E-state index contributed by atoms with van der Waals surface area (Å²) in [5, 5.41) is 2.81. The zero-order valence-corrected chi connectivity index (χ0v) is 13.2. The van der Waals surface area contributed by atoms with Crippen molar-refractivity contribution in [3.8, 4) is 0 Å². The minimum Gasteiger partial charge on any atom is -0.322 e. The summed E-state index contributed by atoms with van der Waals surface area (Å²) in [6, 6.07) is 10.3. The summed E-state index contributed by atoms with van der Waals surface area (Å²) in [6.45, 7) is 1.96. The van der Waals surface area contributed by atoms with Gasteiger partial charge in [-0.05, 0) is 30.2 Å². The Morgan fingerprint density at radius 2 is 1.96 bits per heavy atom. The molecule has 3 nitrogen and oxygen atoms in total. The van der Waals surface area contributed by atoms with Crippen molar-refractivity contribution in [3.05, 3.63) is 53.7 Å². The van der Waals surface area contributed by atoms with E-state index >= 15 is 0 Å². The zero-order valence-electron chi connectivity index (χ0n) is 12.4. The molecule has 1 heterocycles. The number of carbonyl (C=O) groups is 1. The van der Waals surface area contributed by atoms with E-state index in [0.717, 1.165) is 12.0 Å². The third-order valence-electron chi connectivity index (χ3n) is 3.03. The predicted molar refractivity (Wildman–Crippen MR) is 84.8 cm³/mol. The lowest BCUT2D eigenvalue weighted by Crippen LogP contribution is -2.16. The van der Waals surface area contributed by atoms with Gasteiger partial charge in [-0.1, -0.05) is 36.9 Å². The Bertz CT molecular complexity index is 689. The summed E-state index contributed by atoms with van der Waals surface area (Å²) < 4.78 is 37.1. The Kier molecular flexibility index (Phi) is 5.65. The fraction of sp³-hybridized carbons (Fsp3) is 0.250. The lowest BCUT2D eigenvalue weighted by molar-refractivity contribution is -0.105. The van der Waals surface area contributed by atoms with Gasteiger partial charge in [0.15, 0.2) is 0 Å². The topological polar surface area (TPSA) is 42.0 Å². The first-order chi connectivity index (χ1) is 10.9. The highest BCUT2D eigenvalue weighted by Gasteiger charge is 2.28. The van der Waals surface area contributed by atoms with Gasteiger partial charge in [-0.3, -0.25) is 4.79 Å². The van der Waals surface area contributed by atoms with E-state index in [9.17, 15) is 18.0 Å². The van der Waals surface area contributed by atoms with E-state index < -0.39 is 17.8 Å². The van der Waals surface area contributed by atoms with Gasteiger partial charge in [-0.15, -0.1) is 0 Å². The first-order valence-electron chi connectivity index (χ1n) is 6.94. The lowest BCUT2D eigenvalue weighted by Gasteiger charge is -2.12. The van der Waals surface area contributed by atoms with Gasteiger partial charge in [0.1, 0.15) is 5.03 Å². The number of hydrogen-bond donors (Lipinski definition) is 1. The minimum atomic E-state index is -4.31. The number of amides is 1. The molecule has 1 amide bonds. The number of aromatic nitrogens is 1. The summed E-state index contributed by atoms with van der Waals surface area (Å²) in [7, 11) is 0. The number of benzene rings is 1. The summed E-state index contributed by atoms with van der Waals surface area (Å²) >= 11 is 0.506. The van der Waals surface area contributed by atoms with Gasteiger partial charge in [0.05, 0.1) is 11.3 Å². The molecule has 0 bridgehead atoms. The van der Waals surface area contributed by atoms with Crippen LogP contribution in [-0.2, 0) is 6.42 Å². The number of thioether (sulfide) groups is 1. The number of hydrogen-bond acceptors (Lipinski definition) is 3. The van der Waals surface area contributed by atoms with E-state index in [1.807, 2.05) is 19.1 Å². The van der Waals surface area contributed by atoms with Crippen LogP contribution in [0.5, 0.6) is 0 Å². The van der Waals surface area contributed by atoms with Crippen LogP contribution in [-0.4, -0.2) is 22.8 Å². The van der Waals surface area contributed by atoms with Crippen molar-refractivity contribution in [2.45, 2.75) is 24.5 Å². The maximum atomic E-state index is 12.4. The van der Waals surface area contributed by atoms with Gasteiger partial charge >= 0.3 is 6.18 Å². The second-order valence-corrected chi connectivity index (χ2v) is 5.69. The number of alkyl halides is 3. The van der Waals surface area contributed by atoms with Crippen molar-refractivity contribution in [2.24, 2.45) is 0 Å². The van der Waals surface area contributed by atoms with Crippen LogP contribution in [0, 0.1) is 0 Å². The van der Waals surface area contributed by atoms with Crippen LogP contribution >= 0.6 is 11.8 Å². The van der Waals surface area contributed by atoms with Crippen LogP contribution in [0.1, 0.15) is 22.8 Å². The average molecular weight is 340 g/mol. The monoisotopic (exact) mass is 340 g/mol. The average Bonchev–Trinajstić information content (AvgIpc) is 2.53. The van der Waals surface area contributed by atoms with Crippen LogP contribution in [0.2, 0.25) is 0 Å². The van der Waals surface area contributed by atoms with Crippen molar-refractivity contribution >= 4 is 23.4 Å². The van der Waals surface area contributed by atoms with E-state index in [1.54, 1.807) is 12.1 Å². The van der Waals surface area contributed by atoms with E-state index in [1.165, 1.54) is 18.3 Å². The van der Waals surface area contributed by atoms with E-state index in [0.29, 0.717) is 17.4 Å². The molecule has 1 N–H and O–H groups in total. The maximum absolute atomic E-state index is 12.4. The van der Waals surface area contributed by atoms with Crippen molar-refractivity contribution < 1.29 is 18.0 Å². The Labute approximate surface area is 136 Å². The molecule has 0 aliphatic rings. The van der Waals surface area contributed by atoms with Crippen molar-refractivity contribution in [1.82, 2.24) is 4.98 Å². The Morgan fingerprint density at radius 1 is 1.22 bits per heavy atom. The molecule has 0 atom stereocenters. The number of pyridine rings is 1. The van der Waals surface area contributed by atoms with Gasteiger partial charge in [0, 0.05) is 11.9 Å². The highest BCUT2D eigenvalue weighted by Crippen LogP contribution is 2.28. The number of nitrogens with one attached hydrogen (secondary N) is 1. The standard InChI is InChI=1S/C16H15F3N2OS/c1-2-11-6-3-4-8-13(11)21-14(22)12-7-5-9-20-15(12)23-10-16(17,18)19/h3-9H,2,10H2,1H3,(H,21,22). The molecule has 2 aromatic rings. The molecule has 23 heavy (non-hydrogen) atoms. The van der Waals surface area contributed by atoms with Gasteiger partial charge in [0.25, 0.3) is 5.91 Å². The molecule has 2 rings (SSSR count). The van der Waals surface area contributed by atoms with Crippen molar-refractivity contribution in [1.29, 1.82) is 0 Å². The second-order valence-electron chi connectivity index (χ2n) is 4.72. The second kappa shape index (κ2) is 7.50. The molecule has 1 aromatic carbocycles. The van der Waals surface area contributed by atoms with E-state index in [4.69, 9.17) is 0 Å². The molecule has 0 unspecified atom stereocenters. The predicted octanol–water partition coefficient (Wildman–Crippen LogP) is 4.55. The SMILES string of the molecule is CCc1ccccc1NC(=O)c1cccnc1SCC(F)(F)F. The summed E-state index contributed by atoms with van der Waals surface area (Å²) in [4.78, 5) is 16.3. The fourth-order valence-corrected chi connectivity index (χ4v) is 2.72. The van der Waals surface area contributed by atoms with E-state index in [2.05, 4.69) is 10.3 Å². The lowest BCUT2D eigenvalue weighted by atomic mass is 10.1. The molecule has 0 saturated carbocycles. The number of para-hydroxylation sites is 1. The summed E-state index contributed by atoms with van der Waals surface area (Å²) in [5.41, 5.74) is 1.73. The molecule has 122 valence electrons. The van der Waals surface area contributed by atoms with Gasteiger partial charge < -0.3 is 5.32 Å². The molecule has 1 aromatic heterocycles. The van der Waals surface area contributed by atoms with Gasteiger partial charge in [-0.25, -0.2) is 4.98 Å². The molecular weight excluding hydrogens is 325 g/mol. The third-order valence-corrected chi connectivity index (χ3v) is 4.11. The molecule has 0 aliphatic carbocycles. The summed E-state index contributed by atoms with van der Waals surface area (Å²) in [5.74, 6) is -1.56. The number of rotatable bonds is 5. The molecule has 7 heteroatoms. The molecule has 0 radical (unpaired) electrons. The van der Waals surface area contributed by atoms with Crippen molar-refractivity contribution in [3.63, 3.8) is 0 Å². The third kappa shape index (κ3) is 4.99. The number of nitrogens with zero attached hydrogens (tertiary/aromatic N) is 1. The van der Waals surface area contributed by atoms with Crippen LogP contribution < -0.4 is 5.32 Å². The maximum Gasteiger partial charge on any atom is 0.398 e. The van der Waals surface area contributed by atoms with Crippen molar-refractivity contribution in [2.75, 3.05) is 11.1 Å². The van der Waals surface area contributed by atoms with Crippen LogP contribution in [0.4, 0.5) is 18.9 Å². The number of halogens is 3. The molecule has 0 fully saturated rings. The van der Waals surface area contributed by atoms with Gasteiger partial charge in [-0.2, -0.15) is 13.2 Å². The molecular formula is C16H15F3N2OS. The summed E-state index contributed by atoms with van der Waals surface area (Å²) in [6.07, 6.45) is -2.21. The number of carbonyl (C=O) groups excluding carboxylic acids is 1. The quantitative estimate of drug-likeness (QED) is 0.812. The van der Waals surface area contributed by atoms with Crippen LogP contribution in [0.3, 0.4) is 0 Å². The zero-order chi connectivity index (χ0) is 16.9. The van der Waals surface area contributed by atoms with E-state index in [-0.39, 0.29) is 10.6 Å². The highest BCUT2D eigenvalue weighted by atomic mass is 32.2. The normalized spacial score (nSPS) is 11.3. The van der Waals surface area contributed by atoms with Crippen LogP contribution in [0.25, 0.3) is 0 Å². The molecule has 0 spiro atoms. The minimum absolute atomic E-state index is 0.0660. The highest BCUT2D eigenvalue weighted by molar-refractivity contribution is 7.99. The smallest absolute Gasteiger partial charge is 0.322 e. The largest absolute Gasteiger partial charge is 0.398 e. The molecule has 0 aliphatic heterocycles. The Balaban J connectivity index is 2.19. The van der Waals surface area contributed by atoms with Crippen LogP contribution in [0.15, 0.2) is 47.6 Å². The fourth-order valence-electron chi connectivity index (χ4n) is 1.97. The van der Waals surface area contributed by atoms with Gasteiger partial charge in [0.2, 0.25) is 0 Å². The molecule has 0 saturated heterocycles.